The van der Waals surface area contributed by atoms with Gasteiger partial charge in [0, 0.05) is 35.9 Å². The number of nitrogens with one attached hydrogen (secondary N) is 1. The second-order valence-electron chi connectivity index (χ2n) is 6.71. The van der Waals surface area contributed by atoms with Gasteiger partial charge in [0.2, 0.25) is 5.91 Å². The van der Waals surface area contributed by atoms with E-state index in [1.807, 2.05) is 24.3 Å². The molecule has 1 aliphatic heterocycles. The SMILES string of the molecule is CC(C)(CNC(=O)CSc1nncc2ccccc12)N1CCOCC1. The van der Waals surface area contributed by atoms with Gasteiger partial charge in [-0.3, -0.25) is 9.69 Å². The quantitative estimate of drug-likeness (QED) is 0.794. The van der Waals surface area contributed by atoms with Crippen molar-refractivity contribution in [3.63, 3.8) is 0 Å². The summed E-state index contributed by atoms with van der Waals surface area (Å²) >= 11 is 1.42. The molecule has 2 aromatic rings. The van der Waals surface area contributed by atoms with Gasteiger partial charge in [0.15, 0.2) is 0 Å². The number of hydrogen-bond acceptors (Lipinski definition) is 6. The number of fused-ring (bicyclic) bond motifs is 1. The number of nitrogens with zero attached hydrogens (tertiary/aromatic N) is 3. The van der Waals surface area contributed by atoms with Crippen LogP contribution in [0.3, 0.4) is 0 Å². The fraction of sp³-hybridized carbons (Fsp3) is 0.500. The van der Waals surface area contributed by atoms with Crippen molar-refractivity contribution in [1.82, 2.24) is 20.4 Å². The highest BCUT2D eigenvalue weighted by Crippen LogP contribution is 2.24. The van der Waals surface area contributed by atoms with E-state index in [9.17, 15) is 4.79 Å². The molecule has 0 unspecified atom stereocenters. The third-order valence-electron chi connectivity index (χ3n) is 4.46. The molecule has 6 nitrogen and oxygen atoms in total. The average Bonchev–Trinajstić information content (AvgIpc) is 2.65. The molecular formula is C18H24N4O2S. The molecule has 7 heteroatoms. The highest BCUT2D eigenvalue weighted by atomic mass is 32.2. The van der Waals surface area contributed by atoms with Gasteiger partial charge in [-0.15, -0.1) is 5.10 Å². The predicted octanol–water partition coefficient (Wildman–Crippen LogP) is 1.95. The molecule has 0 atom stereocenters. The lowest BCUT2D eigenvalue weighted by Crippen LogP contribution is -2.55. The molecule has 0 spiro atoms. The maximum atomic E-state index is 12.3. The maximum Gasteiger partial charge on any atom is 0.230 e. The van der Waals surface area contributed by atoms with Gasteiger partial charge in [0.1, 0.15) is 5.03 Å². The summed E-state index contributed by atoms with van der Waals surface area (Å²) in [6.45, 7) is 8.25. The largest absolute Gasteiger partial charge is 0.379 e. The third kappa shape index (κ3) is 4.68. The standard InChI is InChI=1S/C18H24N4O2S/c1-18(2,22-7-9-24-10-8-22)13-19-16(23)12-25-17-15-6-4-3-5-14(15)11-20-21-17/h3-6,11H,7-10,12-13H2,1-2H3,(H,19,23). The van der Waals surface area contributed by atoms with E-state index in [4.69, 9.17) is 4.74 Å². The molecule has 0 saturated carbocycles. The molecule has 1 aliphatic rings. The van der Waals surface area contributed by atoms with Crippen LogP contribution in [-0.4, -0.2) is 65.1 Å². The number of amides is 1. The molecule has 2 heterocycles. The van der Waals surface area contributed by atoms with Gasteiger partial charge in [-0.2, -0.15) is 5.10 Å². The lowest BCUT2D eigenvalue weighted by molar-refractivity contribution is -0.119. The van der Waals surface area contributed by atoms with Gasteiger partial charge in [0.25, 0.3) is 0 Å². The van der Waals surface area contributed by atoms with Crippen LogP contribution in [0, 0.1) is 0 Å². The summed E-state index contributed by atoms with van der Waals surface area (Å²) in [6.07, 6.45) is 1.74. The van der Waals surface area contributed by atoms with E-state index in [2.05, 4.69) is 34.3 Å². The van der Waals surface area contributed by atoms with E-state index >= 15 is 0 Å². The second kappa shape index (κ2) is 8.12. The highest BCUT2D eigenvalue weighted by molar-refractivity contribution is 8.00. The Morgan fingerprint density at radius 1 is 1.32 bits per heavy atom. The van der Waals surface area contributed by atoms with Gasteiger partial charge in [-0.25, -0.2) is 0 Å². The van der Waals surface area contributed by atoms with E-state index in [1.54, 1.807) is 6.20 Å². The molecule has 1 amide bonds. The van der Waals surface area contributed by atoms with E-state index in [1.165, 1.54) is 11.8 Å². The zero-order chi connectivity index (χ0) is 17.7. The summed E-state index contributed by atoms with van der Waals surface area (Å²) in [6, 6.07) is 7.95. The molecule has 1 aromatic heterocycles. The number of rotatable bonds is 6. The number of morpholine rings is 1. The first-order valence-electron chi connectivity index (χ1n) is 8.49. The molecule has 1 aromatic carbocycles. The van der Waals surface area contributed by atoms with Crippen molar-refractivity contribution in [3.8, 4) is 0 Å². The zero-order valence-electron chi connectivity index (χ0n) is 14.7. The van der Waals surface area contributed by atoms with Crippen LogP contribution in [-0.2, 0) is 9.53 Å². The third-order valence-corrected chi connectivity index (χ3v) is 5.44. The highest BCUT2D eigenvalue weighted by Gasteiger charge is 2.28. The first-order chi connectivity index (χ1) is 12.1. The minimum atomic E-state index is -0.0800. The van der Waals surface area contributed by atoms with Crippen molar-refractivity contribution >= 4 is 28.4 Å². The van der Waals surface area contributed by atoms with Crippen molar-refractivity contribution in [1.29, 1.82) is 0 Å². The normalized spacial score (nSPS) is 16.1. The van der Waals surface area contributed by atoms with Crippen LogP contribution < -0.4 is 5.32 Å². The Bertz CT molecular complexity index is 727. The average molecular weight is 360 g/mol. The Morgan fingerprint density at radius 2 is 2.08 bits per heavy atom. The molecule has 25 heavy (non-hydrogen) atoms. The molecule has 3 rings (SSSR count). The van der Waals surface area contributed by atoms with Crippen molar-refractivity contribution in [2.75, 3.05) is 38.6 Å². The van der Waals surface area contributed by atoms with Crippen LogP contribution in [0.25, 0.3) is 10.8 Å². The fourth-order valence-corrected chi connectivity index (χ4v) is 3.70. The van der Waals surface area contributed by atoms with Crippen molar-refractivity contribution < 1.29 is 9.53 Å². The Hall–Kier alpha value is -1.70. The molecule has 0 radical (unpaired) electrons. The van der Waals surface area contributed by atoms with Crippen LogP contribution >= 0.6 is 11.8 Å². The predicted molar refractivity (Wildman–Crippen MR) is 99.7 cm³/mol. The molecule has 1 N–H and O–H groups in total. The Kier molecular flexibility index (Phi) is 5.88. The maximum absolute atomic E-state index is 12.3. The topological polar surface area (TPSA) is 67.4 Å². The summed E-state index contributed by atoms with van der Waals surface area (Å²) in [5.41, 5.74) is -0.0800. The number of carbonyl (C=O) groups excluding carboxylic acids is 1. The van der Waals surface area contributed by atoms with E-state index in [0.29, 0.717) is 12.3 Å². The number of thioether (sulfide) groups is 1. The smallest absolute Gasteiger partial charge is 0.230 e. The Morgan fingerprint density at radius 3 is 2.88 bits per heavy atom. The molecule has 134 valence electrons. The molecule has 0 aliphatic carbocycles. The first-order valence-corrected chi connectivity index (χ1v) is 9.47. The summed E-state index contributed by atoms with van der Waals surface area (Å²) in [5, 5.41) is 14.1. The van der Waals surface area contributed by atoms with E-state index in [0.717, 1.165) is 42.1 Å². The van der Waals surface area contributed by atoms with Crippen molar-refractivity contribution in [2.45, 2.75) is 24.4 Å². The van der Waals surface area contributed by atoms with Gasteiger partial charge < -0.3 is 10.1 Å². The summed E-state index contributed by atoms with van der Waals surface area (Å²) in [5.74, 6) is 0.350. The monoisotopic (exact) mass is 360 g/mol. The first kappa shape index (κ1) is 18.1. The van der Waals surface area contributed by atoms with Gasteiger partial charge in [0.05, 0.1) is 25.2 Å². The minimum Gasteiger partial charge on any atom is -0.379 e. The van der Waals surface area contributed by atoms with Crippen LogP contribution in [0.15, 0.2) is 35.5 Å². The lowest BCUT2D eigenvalue weighted by Gasteiger charge is -2.40. The van der Waals surface area contributed by atoms with Crippen LogP contribution in [0.4, 0.5) is 0 Å². The minimum absolute atomic E-state index is 0.0149. The second-order valence-corrected chi connectivity index (χ2v) is 7.68. The molecule has 1 saturated heterocycles. The fourth-order valence-electron chi connectivity index (χ4n) is 2.89. The Labute approximate surface area is 152 Å². The van der Waals surface area contributed by atoms with E-state index in [-0.39, 0.29) is 11.4 Å². The summed E-state index contributed by atoms with van der Waals surface area (Å²) < 4.78 is 5.40. The Balaban J connectivity index is 1.52. The summed E-state index contributed by atoms with van der Waals surface area (Å²) in [4.78, 5) is 14.6. The van der Waals surface area contributed by atoms with Crippen molar-refractivity contribution in [2.24, 2.45) is 0 Å². The number of aromatic nitrogens is 2. The zero-order valence-corrected chi connectivity index (χ0v) is 15.5. The number of ether oxygens (including phenoxy) is 1. The number of hydrogen-bond donors (Lipinski definition) is 1. The van der Waals surface area contributed by atoms with Gasteiger partial charge >= 0.3 is 0 Å². The molecule has 0 bridgehead atoms. The van der Waals surface area contributed by atoms with Crippen molar-refractivity contribution in [3.05, 3.63) is 30.5 Å². The molecular weight excluding hydrogens is 336 g/mol. The van der Waals surface area contributed by atoms with Crippen LogP contribution in [0.1, 0.15) is 13.8 Å². The van der Waals surface area contributed by atoms with Gasteiger partial charge in [-0.05, 0) is 13.8 Å². The van der Waals surface area contributed by atoms with E-state index < -0.39 is 0 Å². The number of benzene rings is 1. The summed E-state index contributed by atoms with van der Waals surface area (Å²) in [7, 11) is 0. The van der Waals surface area contributed by atoms with Gasteiger partial charge in [-0.1, -0.05) is 36.0 Å². The number of carbonyl (C=O) groups is 1. The lowest BCUT2D eigenvalue weighted by atomic mass is 10.0. The van der Waals surface area contributed by atoms with Crippen LogP contribution in [0.5, 0.6) is 0 Å². The van der Waals surface area contributed by atoms with Crippen LogP contribution in [0.2, 0.25) is 0 Å². The molecule has 1 fully saturated rings.